The number of ether oxygens (including phenoxy) is 11. The summed E-state index contributed by atoms with van der Waals surface area (Å²) in [5, 5.41) is 27.8. The summed E-state index contributed by atoms with van der Waals surface area (Å²) in [5.74, 6) is 0.315. The zero-order valence-corrected chi connectivity index (χ0v) is 57.4. The van der Waals surface area contributed by atoms with Gasteiger partial charge in [0.1, 0.15) is 49.4 Å². The maximum Gasteiger partial charge on any atom is 0.335 e. The van der Waals surface area contributed by atoms with Crippen LogP contribution in [-0.2, 0) is 33.2 Å². The molecule has 16 rings (SSSR count). The largest absolute Gasteiger partial charge is 0.491 e. The van der Waals surface area contributed by atoms with Gasteiger partial charge in [0, 0.05) is 98.4 Å². The molecule has 0 unspecified atom stereocenters. The van der Waals surface area contributed by atoms with Gasteiger partial charge in [-0.05, 0) is 202 Å². The van der Waals surface area contributed by atoms with Crippen molar-refractivity contribution in [3.05, 3.63) is 191 Å². The van der Waals surface area contributed by atoms with Gasteiger partial charge < -0.3 is 62.3 Å². The second-order valence-corrected chi connectivity index (χ2v) is 25.1. The first kappa shape index (κ1) is 71.9. The average Bonchev–Trinajstić information content (AvgIpc) is 1.01. The molecule has 0 radical (unpaired) electrons. The van der Waals surface area contributed by atoms with Crippen LogP contribution in [0.25, 0.3) is 87.6 Å². The SMILES string of the molecule is C1CCOC1.C1CCOC1.C1CCOC1.C1CCOC1.C1CCOC1.O=C(O)c1ccc(-c2cc3c(c4ccc(Cl)cc24)-c2c(cc(-c4ccc(C(=O)O)cc4)c4cc(Cl)ccc24)OCCOCCOc2ccc4ccccc4c2-c2c(ccc4ccccc24)OCCOCCO3)cc1. The van der Waals surface area contributed by atoms with Crippen LogP contribution < -0.4 is 18.9 Å². The Labute approximate surface area is 588 Å². The predicted molar refractivity (Wildman–Crippen MR) is 392 cm³/mol. The number of hydrogen-bond acceptors (Lipinski definition) is 13. The monoisotopic (exact) mass is 1380 g/mol. The number of fused-ring (bicyclic) bond motifs is 14. The first-order chi connectivity index (χ1) is 48.7. The number of halogens is 2. The molecule has 518 valence electrons. The van der Waals surface area contributed by atoms with Crippen molar-refractivity contribution < 1.29 is 71.9 Å². The molecule has 17 heteroatoms. The van der Waals surface area contributed by atoms with Crippen LogP contribution in [0.4, 0.5) is 0 Å². The highest BCUT2D eigenvalue weighted by Gasteiger charge is 2.26. The minimum Gasteiger partial charge on any atom is -0.491 e. The smallest absolute Gasteiger partial charge is 0.335 e. The third kappa shape index (κ3) is 19.8. The third-order valence-corrected chi connectivity index (χ3v) is 17.8. The lowest BCUT2D eigenvalue weighted by atomic mass is 9.86. The summed E-state index contributed by atoms with van der Waals surface area (Å²) < 4.78 is 64.2. The molecular formula is C82H86Cl2O15. The molecule has 6 aliphatic rings. The second kappa shape index (κ2) is 37.8. The topological polar surface area (TPSA) is 176 Å². The van der Waals surface area contributed by atoms with Gasteiger partial charge in [0.2, 0.25) is 0 Å². The van der Waals surface area contributed by atoms with Crippen molar-refractivity contribution in [3.63, 3.8) is 0 Å². The van der Waals surface area contributed by atoms with Crippen LogP contribution in [0.2, 0.25) is 10.0 Å². The van der Waals surface area contributed by atoms with Crippen molar-refractivity contribution in [1.82, 2.24) is 0 Å². The standard InChI is InChI=1S/C62H46Cl2O10.5C4H8O/c63-43-19-21-47-51(33-43)49(39-9-13-41(14-10-39)61(65)66)35-55-59(47)60-48-22-20-44(64)34-52(48)50(40-11-15-42(16-12-40)62(67)68)36-56(60)74-32-28-70-26-30-72-54-24-18-38-6-2-4-8-46(38)58(54)57-45-7-3-1-5-37(45)17-23-53(57)71-29-25-69-27-31-73-55;5*1-2-4-5-3-1/h1-24,33-36H,25-32H2,(H,65,66)(H,67,68);5*1-4H2. The Kier molecular flexibility index (Phi) is 27.4. The number of carbonyl (C=O) groups is 2. The van der Waals surface area contributed by atoms with E-state index >= 15 is 0 Å². The highest BCUT2D eigenvalue weighted by Crippen LogP contribution is 2.52. The van der Waals surface area contributed by atoms with Crippen LogP contribution in [-0.4, -0.2) is 141 Å². The molecule has 15 nitrogen and oxygen atoms in total. The zero-order chi connectivity index (χ0) is 68.4. The van der Waals surface area contributed by atoms with E-state index in [2.05, 4.69) is 36.4 Å². The molecule has 0 atom stereocenters. The van der Waals surface area contributed by atoms with Crippen molar-refractivity contribution in [2.45, 2.75) is 64.2 Å². The molecule has 5 saturated heterocycles. The minimum atomic E-state index is -1.03. The normalized spacial score (nSPS) is 16.3. The first-order valence-corrected chi connectivity index (χ1v) is 35.3. The molecule has 6 heterocycles. The summed E-state index contributed by atoms with van der Waals surface area (Å²) in [6, 6.07) is 53.2. The third-order valence-electron chi connectivity index (χ3n) is 17.4. The van der Waals surface area contributed by atoms with Gasteiger partial charge in [-0.25, -0.2) is 9.59 Å². The molecule has 0 aromatic heterocycles. The number of hydrogen-bond donors (Lipinski definition) is 2. The summed E-state index contributed by atoms with van der Waals surface area (Å²) in [4.78, 5) is 23.9. The molecule has 0 bridgehead atoms. The van der Waals surface area contributed by atoms with Crippen molar-refractivity contribution in [2.24, 2.45) is 0 Å². The van der Waals surface area contributed by atoms with Gasteiger partial charge in [-0.1, -0.05) is 120 Å². The molecule has 10 aromatic rings. The summed E-state index contributed by atoms with van der Waals surface area (Å²) in [6.45, 7) is 11.7. The highest BCUT2D eigenvalue weighted by atomic mass is 35.5. The Balaban J connectivity index is 0.000000329. The Bertz CT molecular complexity index is 3910. The fourth-order valence-electron chi connectivity index (χ4n) is 12.4. The lowest BCUT2D eigenvalue weighted by molar-refractivity contribution is 0.0686. The first-order valence-electron chi connectivity index (χ1n) is 34.5. The van der Waals surface area contributed by atoms with E-state index in [0.717, 1.165) is 143 Å². The molecular weight excluding hydrogens is 1300 g/mol. The Morgan fingerprint density at radius 3 is 0.869 bits per heavy atom. The average molecular weight is 1380 g/mol. The van der Waals surface area contributed by atoms with Crippen LogP contribution in [0.15, 0.2) is 170 Å². The van der Waals surface area contributed by atoms with Gasteiger partial charge in [0.05, 0.1) is 37.6 Å². The second-order valence-electron chi connectivity index (χ2n) is 24.3. The van der Waals surface area contributed by atoms with Crippen molar-refractivity contribution in [1.29, 1.82) is 0 Å². The van der Waals surface area contributed by atoms with E-state index in [0.29, 0.717) is 44.2 Å². The summed E-state index contributed by atoms with van der Waals surface area (Å²) in [7, 11) is 0. The van der Waals surface area contributed by atoms with Crippen LogP contribution >= 0.6 is 23.2 Å². The highest BCUT2D eigenvalue weighted by molar-refractivity contribution is 6.33. The molecule has 99 heavy (non-hydrogen) atoms. The lowest BCUT2D eigenvalue weighted by Crippen LogP contribution is -2.14. The Hall–Kier alpha value is -8.32. The molecule has 0 saturated carbocycles. The van der Waals surface area contributed by atoms with Crippen molar-refractivity contribution in [2.75, 3.05) is 119 Å². The predicted octanol–water partition coefficient (Wildman–Crippen LogP) is 18.9. The van der Waals surface area contributed by atoms with Crippen LogP contribution in [0.3, 0.4) is 0 Å². The van der Waals surface area contributed by atoms with E-state index < -0.39 is 11.9 Å². The summed E-state index contributed by atoms with van der Waals surface area (Å²) in [6.07, 6.45) is 12.8. The van der Waals surface area contributed by atoms with Gasteiger partial charge >= 0.3 is 11.9 Å². The number of rotatable bonds is 4. The van der Waals surface area contributed by atoms with E-state index in [1.54, 1.807) is 48.5 Å². The van der Waals surface area contributed by atoms with E-state index in [-0.39, 0.29) is 64.0 Å². The fourth-order valence-corrected chi connectivity index (χ4v) is 12.7. The maximum atomic E-state index is 11.9. The summed E-state index contributed by atoms with van der Waals surface area (Å²) in [5.41, 5.74) is 6.55. The number of carboxylic acid groups (broad SMARTS) is 2. The molecule has 2 N–H and O–H groups in total. The van der Waals surface area contributed by atoms with Gasteiger partial charge in [-0.2, -0.15) is 0 Å². The molecule has 5 fully saturated rings. The number of aromatic carboxylic acids is 2. The van der Waals surface area contributed by atoms with Gasteiger partial charge in [0.15, 0.2) is 0 Å². The quantitative estimate of drug-likeness (QED) is 0.170. The molecule has 0 spiro atoms. The number of benzene rings is 10. The van der Waals surface area contributed by atoms with Gasteiger partial charge in [0.25, 0.3) is 0 Å². The minimum absolute atomic E-state index is 0.142. The van der Waals surface area contributed by atoms with E-state index in [9.17, 15) is 19.8 Å². The van der Waals surface area contributed by atoms with Crippen LogP contribution in [0, 0.1) is 0 Å². The lowest BCUT2D eigenvalue weighted by Gasteiger charge is -2.23. The fraction of sp³-hybridized carbons (Fsp3) is 0.341. The van der Waals surface area contributed by atoms with E-state index in [4.69, 9.17) is 75.3 Å². The Morgan fingerprint density at radius 2 is 0.566 bits per heavy atom. The maximum absolute atomic E-state index is 11.9. The summed E-state index contributed by atoms with van der Waals surface area (Å²) >= 11 is 13.6. The Morgan fingerprint density at radius 1 is 0.273 bits per heavy atom. The van der Waals surface area contributed by atoms with Crippen molar-refractivity contribution in [3.8, 4) is 67.5 Å². The zero-order valence-electron chi connectivity index (χ0n) is 55.9. The van der Waals surface area contributed by atoms with Crippen LogP contribution in [0.5, 0.6) is 23.0 Å². The molecule has 0 aliphatic carbocycles. The van der Waals surface area contributed by atoms with Crippen LogP contribution in [0.1, 0.15) is 84.9 Å². The van der Waals surface area contributed by atoms with E-state index in [1.165, 1.54) is 64.2 Å². The molecule has 6 aliphatic heterocycles. The molecule has 0 amide bonds. The molecule has 10 aromatic carbocycles. The number of carboxylic acids is 2. The van der Waals surface area contributed by atoms with Gasteiger partial charge in [-0.15, -0.1) is 0 Å². The van der Waals surface area contributed by atoms with Crippen molar-refractivity contribution >= 4 is 78.2 Å². The van der Waals surface area contributed by atoms with E-state index in [1.807, 2.05) is 84.9 Å². The van der Waals surface area contributed by atoms with Gasteiger partial charge in [-0.3, -0.25) is 0 Å².